The van der Waals surface area contributed by atoms with E-state index in [1.54, 1.807) is 18.6 Å². The van der Waals surface area contributed by atoms with Gasteiger partial charge in [-0.3, -0.25) is 10.1 Å². The lowest BCUT2D eigenvalue weighted by molar-refractivity contribution is 0.469. The molecule has 8 nitrogen and oxygen atoms in total. The predicted molar refractivity (Wildman–Crippen MR) is 123 cm³/mol. The van der Waals surface area contributed by atoms with Crippen LogP contribution in [0.5, 0.6) is 5.75 Å². The average molecular weight is 439 g/mol. The van der Waals surface area contributed by atoms with E-state index in [9.17, 15) is 9.50 Å². The Balaban J connectivity index is 1.52. The Hall–Kier alpha value is -4.53. The highest BCUT2D eigenvalue weighted by atomic mass is 19.1. The minimum Gasteiger partial charge on any atom is -0.508 e. The summed E-state index contributed by atoms with van der Waals surface area (Å²) in [7, 11) is 1.95. The number of hydrogen-bond donors (Lipinski definition) is 3. The number of imidazole rings is 1. The van der Waals surface area contributed by atoms with Gasteiger partial charge in [0.1, 0.15) is 28.6 Å². The molecule has 0 aliphatic rings. The van der Waals surface area contributed by atoms with Gasteiger partial charge in [0.25, 0.3) is 0 Å². The number of halogens is 1. The van der Waals surface area contributed by atoms with Crippen molar-refractivity contribution in [3.05, 3.63) is 66.6 Å². The lowest BCUT2D eigenvalue weighted by Crippen LogP contribution is -1.96. The van der Waals surface area contributed by atoms with Crippen LogP contribution in [0.3, 0.4) is 0 Å². The lowest BCUT2D eigenvalue weighted by atomic mass is 10.0. The van der Waals surface area contributed by atoms with Crippen molar-refractivity contribution in [2.75, 3.05) is 0 Å². The minimum absolute atomic E-state index is 0.141. The zero-order valence-electron chi connectivity index (χ0n) is 17.8. The summed E-state index contributed by atoms with van der Waals surface area (Å²) in [5.41, 5.74) is 6.64. The Labute approximate surface area is 186 Å². The van der Waals surface area contributed by atoms with Crippen LogP contribution < -0.4 is 0 Å². The van der Waals surface area contributed by atoms with Gasteiger partial charge in [-0.05, 0) is 42.8 Å². The molecule has 0 unspecified atom stereocenters. The molecule has 0 fully saturated rings. The second-order valence-corrected chi connectivity index (χ2v) is 7.94. The summed E-state index contributed by atoms with van der Waals surface area (Å²) in [5.74, 6) is 0.245. The van der Waals surface area contributed by atoms with Crippen molar-refractivity contribution in [3.8, 4) is 39.7 Å². The molecule has 0 radical (unpaired) electrons. The number of H-pyrrole nitrogens is 2. The number of benzene rings is 1. The number of pyridine rings is 2. The van der Waals surface area contributed by atoms with Gasteiger partial charge in [-0.25, -0.2) is 14.4 Å². The molecule has 162 valence electrons. The number of hydrogen-bond acceptors (Lipinski definition) is 5. The van der Waals surface area contributed by atoms with Gasteiger partial charge in [-0.15, -0.1) is 0 Å². The van der Waals surface area contributed by atoms with E-state index in [2.05, 4.69) is 25.1 Å². The summed E-state index contributed by atoms with van der Waals surface area (Å²) >= 11 is 0. The molecule has 0 saturated heterocycles. The summed E-state index contributed by atoms with van der Waals surface area (Å²) in [6.45, 7) is 1.94. The van der Waals surface area contributed by atoms with Gasteiger partial charge < -0.3 is 14.7 Å². The maximum Gasteiger partial charge on any atom is 0.135 e. The Morgan fingerprint density at radius 2 is 1.91 bits per heavy atom. The van der Waals surface area contributed by atoms with Crippen LogP contribution in [0.1, 0.15) is 5.82 Å². The van der Waals surface area contributed by atoms with E-state index in [-0.39, 0.29) is 5.75 Å². The van der Waals surface area contributed by atoms with E-state index in [4.69, 9.17) is 4.98 Å². The molecule has 5 heterocycles. The average Bonchev–Trinajstić information content (AvgIpc) is 3.49. The van der Waals surface area contributed by atoms with Crippen molar-refractivity contribution < 1.29 is 9.50 Å². The Bertz CT molecular complexity index is 1660. The number of phenols is 1. The van der Waals surface area contributed by atoms with Gasteiger partial charge in [-0.1, -0.05) is 0 Å². The van der Waals surface area contributed by atoms with Gasteiger partial charge >= 0.3 is 0 Å². The lowest BCUT2D eigenvalue weighted by Gasteiger charge is -2.04. The van der Waals surface area contributed by atoms with Crippen LogP contribution in [0.15, 0.2) is 55.0 Å². The Kier molecular flexibility index (Phi) is 4.06. The third-order valence-corrected chi connectivity index (χ3v) is 5.88. The molecule has 0 aliphatic carbocycles. The number of aromatic nitrogens is 7. The molecule has 0 amide bonds. The normalized spacial score (nSPS) is 11.6. The second kappa shape index (κ2) is 6.99. The van der Waals surface area contributed by atoms with Crippen molar-refractivity contribution in [2.45, 2.75) is 6.92 Å². The number of aromatic hydroxyl groups is 1. The van der Waals surface area contributed by atoms with E-state index in [1.165, 1.54) is 12.1 Å². The zero-order valence-corrected chi connectivity index (χ0v) is 17.8. The smallest absolute Gasteiger partial charge is 0.135 e. The molecular formula is C24H18FN7O. The Morgan fingerprint density at radius 1 is 1.03 bits per heavy atom. The van der Waals surface area contributed by atoms with Crippen LogP contribution in [-0.4, -0.2) is 39.8 Å². The van der Waals surface area contributed by atoms with E-state index >= 15 is 0 Å². The third kappa shape index (κ3) is 3.05. The second-order valence-electron chi connectivity index (χ2n) is 7.94. The zero-order chi connectivity index (χ0) is 22.7. The molecule has 3 N–H and O–H groups in total. The fraction of sp³-hybridized carbons (Fsp3) is 0.0833. The molecule has 1 aromatic carbocycles. The molecule has 33 heavy (non-hydrogen) atoms. The number of fused-ring (bicyclic) bond motifs is 2. The largest absolute Gasteiger partial charge is 0.508 e. The summed E-state index contributed by atoms with van der Waals surface area (Å²) in [6, 6.07) is 9.78. The van der Waals surface area contributed by atoms with Gasteiger partial charge in [0.05, 0.1) is 40.5 Å². The molecule has 0 aliphatic heterocycles. The van der Waals surface area contributed by atoms with Gasteiger partial charge in [0.15, 0.2) is 0 Å². The van der Waals surface area contributed by atoms with E-state index in [0.717, 1.165) is 50.9 Å². The number of aromatic amines is 2. The van der Waals surface area contributed by atoms with Gasteiger partial charge in [0.2, 0.25) is 0 Å². The Morgan fingerprint density at radius 3 is 2.70 bits per heavy atom. The van der Waals surface area contributed by atoms with Crippen molar-refractivity contribution >= 4 is 21.9 Å². The van der Waals surface area contributed by atoms with Crippen LogP contribution in [-0.2, 0) is 7.05 Å². The molecule has 0 saturated carbocycles. The summed E-state index contributed by atoms with van der Waals surface area (Å²) < 4.78 is 15.9. The first-order chi connectivity index (χ1) is 16.0. The van der Waals surface area contributed by atoms with Crippen molar-refractivity contribution in [1.29, 1.82) is 0 Å². The van der Waals surface area contributed by atoms with Crippen molar-refractivity contribution in [2.24, 2.45) is 7.05 Å². The fourth-order valence-corrected chi connectivity index (χ4v) is 4.11. The molecule has 6 aromatic rings. The first-order valence-corrected chi connectivity index (χ1v) is 10.3. The molecule has 0 spiro atoms. The van der Waals surface area contributed by atoms with Crippen molar-refractivity contribution in [3.63, 3.8) is 0 Å². The number of aryl methyl sites for hydroxylation is 1. The quantitative estimate of drug-likeness (QED) is 0.370. The topological polar surface area (TPSA) is 108 Å². The van der Waals surface area contributed by atoms with Crippen LogP contribution >= 0.6 is 0 Å². The monoisotopic (exact) mass is 439 g/mol. The van der Waals surface area contributed by atoms with Crippen LogP contribution in [0.2, 0.25) is 0 Å². The van der Waals surface area contributed by atoms with E-state index < -0.39 is 5.82 Å². The molecular weight excluding hydrogens is 421 g/mol. The van der Waals surface area contributed by atoms with E-state index in [1.807, 2.05) is 36.7 Å². The molecule has 6 rings (SSSR count). The van der Waals surface area contributed by atoms with Crippen LogP contribution in [0.25, 0.3) is 55.8 Å². The van der Waals surface area contributed by atoms with Gasteiger partial charge in [-0.2, -0.15) is 5.10 Å². The number of phenolic OH excluding ortho intramolecular Hbond substituents is 1. The maximum absolute atomic E-state index is 13.9. The highest BCUT2D eigenvalue weighted by Gasteiger charge is 2.17. The number of nitrogens with one attached hydrogen (secondary N) is 2. The highest BCUT2D eigenvalue weighted by Crippen LogP contribution is 2.35. The summed E-state index contributed by atoms with van der Waals surface area (Å²) in [4.78, 5) is 16.8. The van der Waals surface area contributed by atoms with Crippen LogP contribution in [0, 0.1) is 12.7 Å². The maximum atomic E-state index is 13.9. The van der Waals surface area contributed by atoms with Crippen LogP contribution in [0.4, 0.5) is 4.39 Å². The first kappa shape index (κ1) is 19.2. The molecule has 0 atom stereocenters. The van der Waals surface area contributed by atoms with Crippen molar-refractivity contribution in [1.82, 2.24) is 34.7 Å². The highest BCUT2D eigenvalue weighted by molar-refractivity contribution is 6.00. The third-order valence-electron chi connectivity index (χ3n) is 5.88. The van der Waals surface area contributed by atoms with Gasteiger partial charge in [0, 0.05) is 30.3 Å². The number of rotatable bonds is 3. The summed E-state index contributed by atoms with van der Waals surface area (Å²) in [5, 5.41) is 18.2. The fourth-order valence-electron chi connectivity index (χ4n) is 4.11. The minimum atomic E-state index is -0.516. The SMILES string of the molecule is Cc1ncc(-c2ccc3[nH]nc(-c4cc5c(-c6cc(O)cc(F)c6)cncc5[nH]4)c3n2)n1C. The van der Waals surface area contributed by atoms with E-state index in [0.29, 0.717) is 16.8 Å². The molecule has 9 heteroatoms. The standard InChI is InChI=1S/C24H18FN7O/c1-12-27-11-22(32(12)2)18-3-4-19-23(29-18)24(31-30-19)20-8-16-17(9-26-10-21(16)28-20)13-5-14(25)7-15(33)6-13/h3-11,28,33H,1-2H3,(H,30,31). The summed E-state index contributed by atoms with van der Waals surface area (Å²) in [6.07, 6.45) is 5.16. The number of nitrogens with zero attached hydrogens (tertiary/aromatic N) is 5. The predicted octanol–water partition coefficient (Wildman–Crippen LogP) is 4.72. The first-order valence-electron chi connectivity index (χ1n) is 10.3. The molecule has 0 bridgehead atoms. The molecule has 5 aromatic heterocycles.